The lowest BCUT2D eigenvalue weighted by atomic mass is 9.96. The molecule has 1 amide bonds. The number of hydrogen-bond acceptors (Lipinski definition) is 2. The fraction of sp³-hybridized carbons (Fsp3) is 0.278. The Bertz CT molecular complexity index is 679. The SMILES string of the molecule is CNC(Cc1cccc(C)c1)c1ccc2c(c1)CC(=O)N2. The van der Waals surface area contributed by atoms with Gasteiger partial charge in [0.25, 0.3) is 0 Å². The molecule has 0 saturated heterocycles. The summed E-state index contributed by atoms with van der Waals surface area (Å²) in [5.41, 5.74) is 5.89. The second-order valence-corrected chi connectivity index (χ2v) is 5.68. The van der Waals surface area contributed by atoms with Gasteiger partial charge in [-0.25, -0.2) is 0 Å². The van der Waals surface area contributed by atoms with E-state index in [1.54, 1.807) is 0 Å². The molecule has 3 heteroatoms. The van der Waals surface area contributed by atoms with Crippen LogP contribution in [0.15, 0.2) is 42.5 Å². The number of aryl methyl sites for hydroxylation is 1. The molecule has 0 radical (unpaired) electrons. The van der Waals surface area contributed by atoms with Crippen molar-refractivity contribution < 1.29 is 4.79 Å². The molecule has 108 valence electrons. The minimum atomic E-state index is 0.0850. The van der Waals surface area contributed by atoms with Crippen LogP contribution in [0.3, 0.4) is 0 Å². The van der Waals surface area contributed by atoms with E-state index in [0.717, 1.165) is 17.7 Å². The molecule has 1 aliphatic rings. The van der Waals surface area contributed by atoms with Gasteiger partial charge in [-0.3, -0.25) is 4.79 Å². The molecule has 0 bridgehead atoms. The summed E-state index contributed by atoms with van der Waals surface area (Å²) in [6.45, 7) is 2.12. The summed E-state index contributed by atoms with van der Waals surface area (Å²) in [5, 5.41) is 6.26. The molecule has 0 aliphatic carbocycles. The van der Waals surface area contributed by atoms with E-state index in [1.165, 1.54) is 16.7 Å². The van der Waals surface area contributed by atoms with Gasteiger partial charge in [-0.15, -0.1) is 0 Å². The minimum Gasteiger partial charge on any atom is -0.326 e. The summed E-state index contributed by atoms with van der Waals surface area (Å²) < 4.78 is 0. The monoisotopic (exact) mass is 280 g/mol. The Morgan fingerprint density at radius 2 is 2.10 bits per heavy atom. The lowest BCUT2D eigenvalue weighted by molar-refractivity contribution is -0.115. The van der Waals surface area contributed by atoms with Gasteiger partial charge in [0.1, 0.15) is 0 Å². The van der Waals surface area contributed by atoms with Crippen molar-refractivity contribution in [3.8, 4) is 0 Å². The van der Waals surface area contributed by atoms with Gasteiger partial charge in [-0.1, -0.05) is 42.0 Å². The fourth-order valence-electron chi connectivity index (χ4n) is 2.93. The maximum absolute atomic E-state index is 11.5. The Morgan fingerprint density at radius 1 is 1.24 bits per heavy atom. The van der Waals surface area contributed by atoms with Crippen molar-refractivity contribution in [1.82, 2.24) is 5.32 Å². The maximum Gasteiger partial charge on any atom is 0.228 e. The highest BCUT2D eigenvalue weighted by molar-refractivity contribution is 5.99. The molecule has 2 aromatic rings. The summed E-state index contributed by atoms with van der Waals surface area (Å²) in [4.78, 5) is 11.5. The number of benzene rings is 2. The second-order valence-electron chi connectivity index (χ2n) is 5.68. The molecule has 0 aromatic heterocycles. The summed E-state index contributed by atoms with van der Waals surface area (Å²) >= 11 is 0. The van der Waals surface area contributed by atoms with Crippen LogP contribution in [0.25, 0.3) is 0 Å². The number of rotatable bonds is 4. The molecule has 1 aliphatic heterocycles. The average Bonchev–Trinajstić information content (AvgIpc) is 2.84. The molecular formula is C18H20N2O. The molecule has 2 aromatic carbocycles. The average molecular weight is 280 g/mol. The topological polar surface area (TPSA) is 41.1 Å². The van der Waals surface area contributed by atoms with Crippen LogP contribution in [0.1, 0.15) is 28.3 Å². The molecule has 1 unspecified atom stereocenters. The van der Waals surface area contributed by atoms with Gasteiger partial charge in [-0.05, 0) is 43.1 Å². The van der Waals surface area contributed by atoms with E-state index in [4.69, 9.17) is 0 Å². The number of carbonyl (C=O) groups excluding carboxylic acids is 1. The quantitative estimate of drug-likeness (QED) is 0.904. The summed E-state index contributed by atoms with van der Waals surface area (Å²) in [5.74, 6) is 0.0850. The van der Waals surface area contributed by atoms with Crippen molar-refractivity contribution in [2.75, 3.05) is 12.4 Å². The van der Waals surface area contributed by atoms with Crippen LogP contribution in [0.2, 0.25) is 0 Å². The van der Waals surface area contributed by atoms with Crippen molar-refractivity contribution >= 4 is 11.6 Å². The second kappa shape index (κ2) is 5.70. The molecule has 3 nitrogen and oxygen atoms in total. The van der Waals surface area contributed by atoms with E-state index in [9.17, 15) is 4.79 Å². The molecule has 2 N–H and O–H groups in total. The van der Waals surface area contributed by atoms with E-state index >= 15 is 0 Å². The van der Waals surface area contributed by atoms with Crippen LogP contribution in [-0.4, -0.2) is 13.0 Å². The van der Waals surface area contributed by atoms with Crippen molar-refractivity contribution in [2.45, 2.75) is 25.8 Å². The third kappa shape index (κ3) is 2.98. The number of nitrogens with one attached hydrogen (secondary N) is 2. The van der Waals surface area contributed by atoms with Crippen LogP contribution in [0.5, 0.6) is 0 Å². The van der Waals surface area contributed by atoms with Crippen molar-refractivity contribution in [2.24, 2.45) is 0 Å². The number of fused-ring (bicyclic) bond motifs is 1. The molecule has 0 saturated carbocycles. The zero-order valence-corrected chi connectivity index (χ0v) is 12.4. The lowest BCUT2D eigenvalue weighted by Gasteiger charge is -2.18. The maximum atomic E-state index is 11.5. The normalized spacial score (nSPS) is 14.7. The predicted molar refractivity (Wildman–Crippen MR) is 85.5 cm³/mol. The Balaban J connectivity index is 1.84. The fourth-order valence-corrected chi connectivity index (χ4v) is 2.93. The Labute approximate surface area is 125 Å². The van der Waals surface area contributed by atoms with Crippen LogP contribution in [-0.2, 0) is 17.6 Å². The van der Waals surface area contributed by atoms with E-state index in [1.807, 2.05) is 13.1 Å². The van der Waals surface area contributed by atoms with Gasteiger partial charge < -0.3 is 10.6 Å². The summed E-state index contributed by atoms with van der Waals surface area (Å²) in [6, 6.07) is 15.1. The molecule has 0 spiro atoms. The molecule has 1 atom stereocenters. The first-order valence-corrected chi connectivity index (χ1v) is 7.31. The molecule has 3 rings (SSSR count). The Morgan fingerprint density at radius 3 is 2.86 bits per heavy atom. The van der Waals surface area contributed by atoms with Crippen LogP contribution < -0.4 is 10.6 Å². The molecule has 1 heterocycles. The number of likely N-dealkylation sites (N-methyl/N-ethyl adjacent to an activating group) is 1. The van der Waals surface area contributed by atoms with Gasteiger partial charge in [0, 0.05) is 11.7 Å². The summed E-state index contributed by atoms with van der Waals surface area (Å²) in [7, 11) is 1.98. The number of carbonyl (C=O) groups is 1. The number of hydrogen-bond donors (Lipinski definition) is 2. The zero-order chi connectivity index (χ0) is 14.8. The number of amides is 1. The van der Waals surface area contributed by atoms with Gasteiger partial charge in [-0.2, -0.15) is 0 Å². The highest BCUT2D eigenvalue weighted by atomic mass is 16.1. The van der Waals surface area contributed by atoms with Crippen LogP contribution in [0.4, 0.5) is 5.69 Å². The van der Waals surface area contributed by atoms with Crippen LogP contribution >= 0.6 is 0 Å². The van der Waals surface area contributed by atoms with Crippen molar-refractivity contribution in [1.29, 1.82) is 0 Å². The minimum absolute atomic E-state index is 0.0850. The zero-order valence-electron chi connectivity index (χ0n) is 12.4. The van der Waals surface area contributed by atoms with Crippen molar-refractivity contribution in [3.05, 3.63) is 64.7 Å². The highest BCUT2D eigenvalue weighted by Gasteiger charge is 2.19. The van der Waals surface area contributed by atoms with Gasteiger partial charge >= 0.3 is 0 Å². The summed E-state index contributed by atoms with van der Waals surface area (Å²) in [6.07, 6.45) is 1.43. The van der Waals surface area contributed by atoms with E-state index in [-0.39, 0.29) is 11.9 Å². The van der Waals surface area contributed by atoms with Gasteiger partial charge in [0.15, 0.2) is 0 Å². The van der Waals surface area contributed by atoms with E-state index < -0.39 is 0 Å². The predicted octanol–water partition coefficient (Wildman–Crippen LogP) is 2.99. The first kappa shape index (κ1) is 13.8. The molecular weight excluding hydrogens is 260 g/mol. The molecule has 21 heavy (non-hydrogen) atoms. The third-order valence-electron chi connectivity index (χ3n) is 4.03. The first-order valence-electron chi connectivity index (χ1n) is 7.31. The van der Waals surface area contributed by atoms with E-state index in [2.05, 4.69) is 54.0 Å². The number of anilines is 1. The smallest absolute Gasteiger partial charge is 0.228 e. The van der Waals surface area contributed by atoms with Gasteiger partial charge in [0.05, 0.1) is 6.42 Å². The van der Waals surface area contributed by atoms with Gasteiger partial charge in [0.2, 0.25) is 5.91 Å². The Kier molecular flexibility index (Phi) is 3.76. The van der Waals surface area contributed by atoms with E-state index in [0.29, 0.717) is 6.42 Å². The van der Waals surface area contributed by atoms with Crippen molar-refractivity contribution in [3.63, 3.8) is 0 Å². The molecule has 0 fully saturated rings. The first-order chi connectivity index (χ1) is 10.2. The standard InChI is InChI=1S/C18H20N2O/c1-12-4-3-5-13(8-12)9-17(19-2)14-6-7-16-15(10-14)11-18(21)20-16/h3-8,10,17,19H,9,11H2,1-2H3,(H,20,21). The highest BCUT2D eigenvalue weighted by Crippen LogP contribution is 2.27. The van der Waals surface area contributed by atoms with Crippen LogP contribution in [0, 0.1) is 6.92 Å². The Hall–Kier alpha value is -2.13. The lowest BCUT2D eigenvalue weighted by Crippen LogP contribution is -2.19. The third-order valence-corrected chi connectivity index (χ3v) is 4.03. The largest absolute Gasteiger partial charge is 0.326 e.